The van der Waals surface area contributed by atoms with Gasteiger partial charge in [-0.15, -0.1) is 11.3 Å². The lowest BCUT2D eigenvalue weighted by Gasteiger charge is -2.21. The summed E-state index contributed by atoms with van der Waals surface area (Å²) >= 11 is 1.48. The van der Waals surface area contributed by atoms with Crippen LogP contribution in [0.1, 0.15) is 30.3 Å². The Labute approximate surface area is 140 Å². The molecule has 4 nitrogen and oxygen atoms in total. The van der Waals surface area contributed by atoms with Gasteiger partial charge < -0.3 is 9.88 Å². The molecule has 1 N–H and O–H groups in total. The van der Waals surface area contributed by atoms with E-state index in [0.29, 0.717) is 12.3 Å². The minimum absolute atomic E-state index is 0.103. The van der Waals surface area contributed by atoms with Crippen molar-refractivity contribution in [2.24, 2.45) is 5.92 Å². The van der Waals surface area contributed by atoms with E-state index in [9.17, 15) is 22.8 Å². The SMILES string of the molecule is CC(C)[C@@H](NC(=O)Cn1cc(C(F)(F)F)ccc1=O)c1cccs1. The molecule has 0 saturated carbocycles. The lowest BCUT2D eigenvalue weighted by Crippen LogP contribution is -2.36. The summed E-state index contributed by atoms with van der Waals surface area (Å²) in [4.78, 5) is 24.8. The van der Waals surface area contributed by atoms with Crippen LogP contribution in [0, 0.1) is 5.92 Å². The number of nitrogens with zero attached hydrogens (tertiary/aromatic N) is 1. The number of aromatic nitrogens is 1. The fourth-order valence-electron chi connectivity index (χ4n) is 2.23. The molecule has 1 amide bonds. The van der Waals surface area contributed by atoms with Crippen LogP contribution in [0.25, 0.3) is 0 Å². The highest BCUT2D eigenvalue weighted by molar-refractivity contribution is 7.10. The number of halogens is 3. The van der Waals surface area contributed by atoms with Gasteiger partial charge in [-0.3, -0.25) is 9.59 Å². The van der Waals surface area contributed by atoms with Crippen molar-refractivity contribution in [3.8, 4) is 0 Å². The van der Waals surface area contributed by atoms with Crippen molar-refractivity contribution < 1.29 is 18.0 Å². The second kappa shape index (κ2) is 7.21. The Kier molecular flexibility index (Phi) is 5.48. The third kappa shape index (κ3) is 4.47. The lowest BCUT2D eigenvalue weighted by molar-refractivity contribution is -0.138. The molecule has 0 saturated heterocycles. The fourth-order valence-corrected chi connectivity index (χ4v) is 3.18. The molecule has 0 fully saturated rings. The molecule has 0 aliphatic heterocycles. The molecule has 130 valence electrons. The molecule has 0 unspecified atom stereocenters. The predicted octanol–water partition coefficient (Wildman–Crippen LogP) is 3.44. The van der Waals surface area contributed by atoms with Crippen molar-refractivity contribution in [1.29, 1.82) is 0 Å². The second-order valence-corrected chi connectivity index (χ2v) is 6.67. The molecule has 2 heterocycles. The first kappa shape index (κ1) is 18.3. The number of hydrogen-bond acceptors (Lipinski definition) is 3. The molecule has 0 spiro atoms. The zero-order valence-corrected chi connectivity index (χ0v) is 13.9. The van der Waals surface area contributed by atoms with Crippen LogP contribution in [0.15, 0.2) is 40.6 Å². The van der Waals surface area contributed by atoms with Gasteiger partial charge in [0.15, 0.2) is 0 Å². The highest BCUT2D eigenvalue weighted by atomic mass is 32.1. The van der Waals surface area contributed by atoms with Gasteiger partial charge in [-0.2, -0.15) is 13.2 Å². The molecule has 8 heteroatoms. The van der Waals surface area contributed by atoms with Crippen molar-refractivity contribution >= 4 is 17.2 Å². The van der Waals surface area contributed by atoms with Gasteiger partial charge in [0, 0.05) is 17.1 Å². The number of carbonyl (C=O) groups is 1. The molecule has 0 aliphatic carbocycles. The first-order valence-corrected chi connectivity index (χ1v) is 8.17. The van der Waals surface area contributed by atoms with Crippen LogP contribution >= 0.6 is 11.3 Å². The van der Waals surface area contributed by atoms with Crippen molar-refractivity contribution in [2.45, 2.75) is 32.6 Å². The van der Waals surface area contributed by atoms with Crippen LogP contribution in [0.2, 0.25) is 0 Å². The smallest absolute Gasteiger partial charge is 0.347 e. The van der Waals surface area contributed by atoms with Gasteiger partial charge in [0.25, 0.3) is 5.56 Å². The number of pyridine rings is 1. The molecular weight excluding hydrogens is 341 g/mol. The number of carbonyl (C=O) groups excluding carboxylic acids is 1. The lowest BCUT2D eigenvalue weighted by atomic mass is 10.0. The Morgan fingerprint density at radius 2 is 2.00 bits per heavy atom. The molecule has 2 rings (SSSR count). The van der Waals surface area contributed by atoms with E-state index >= 15 is 0 Å². The number of amides is 1. The maximum Gasteiger partial charge on any atom is 0.417 e. The summed E-state index contributed by atoms with van der Waals surface area (Å²) in [5.74, 6) is -0.408. The van der Waals surface area contributed by atoms with E-state index in [1.54, 1.807) is 0 Å². The molecule has 0 aliphatic rings. The van der Waals surface area contributed by atoms with Crippen LogP contribution in [-0.4, -0.2) is 10.5 Å². The van der Waals surface area contributed by atoms with Gasteiger partial charge in [0.2, 0.25) is 5.91 Å². The summed E-state index contributed by atoms with van der Waals surface area (Å²) in [6, 6.07) is 5.01. The van der Waals surface area contributed by atoms with Gasteiger partial charge in [0.1, 0.15) is 6.54 Å². The highest BCUT2D eigenvalue weighted by Gasteiger charge is 2.31. The van der Waals surface area contributed by atoms with Gasteiger partial charge >= 0.3 is 6.18 Å². The summed E-state index contributed by atoms with van der Waals surface area (Å²) in [7, 11) is 0. The quantitative estimate of drug-likeness (QED) is 0.890. The molecule has 24 heavy (non-hydrogen) atoms. The first-order chi connectivity index (χ1) is 11.2. The third-order valence-corrected chi connectivity index (χ3v) is 4.41. The highest BCUT2D eigenvalue weighted by Crippen LogP contribution is 2.28. The monoisotopic (exact) mass is 358 g/mol. The number of nitrogens with one attached hydrogen (secondary N) is 1. The number of hydrogen-bond donors (Lipinski definition) is 1. The Morgan fingerprint density at radius 1 is 1.29 bits per heavy atom. The Balaban J connectivity index is 2.16. The summed E-state index contributed by atoms with van der Waals surface area (Å²) in [6.07, 6.45) is -3.90. The van der Waals surface area contributed by atoms with E-state index in [-0.39, 0.29) is 12.0 Å². The van der Waals surface area contributed by atoms with Crippen molar-refractivity contribution in [3.63, 3.8) is 0 Å². The average Bonchev–Trinajstić information content (AvgIpc) is 2.99. The van der Waals surface area contributed by atoms with Gasteiger partial charge in [0.05, 0.1) is 11.6 Å². The fraction of sp³-hybridized carbons (Fsp3) is 0.375. The zero-order chi connectivity index (χ0) is 17.9. The van der Waals surface area contributed by atoms with Gasteiger partial charge in [-0.05, 0) is 23.4 Å². The largest absolute Gasteiger partial charge is 0.417 e. The minimum Gasteiger partial charge on any atom is -0.347 e. The molecule has 0 radical (unpaired) electrons. The van der Waals surface area contributed by atoms with Crippen molar-refractivity contribution in [1.82, 2.24) is 9.88 Å². The van der Waals surface area contributed by atoms with E-state index in [1.807, 2.05) is 31.4 Å². The normalized spacial score (nSPS) is 13.1. The maximum atomic E-state index is 12.7. The predicted molar refractivity (Wildman–Crippen MR) is 85.7 cm³/mol. The van der Waals surface area contributed by atoms with Gasteiger partial charge in [-0.25, -0.2) is 0 Å². The number of alkyl halides is 3. The van der Waals surface area contributed by atoms with E-state index in [2.05, 4.69) is 5.32 Å². The summed E-state index contributed by atoms with van der Waals surface area (Å²) in [6.45, 7) is 3.40. The Hall–Kier alpha value is -2.09. The van der Waals surface area contributed by atoms with E-state index in [0.717, 1.165) is 15.5 Å². The molecule has 1 atom stereocenters. The number of thiophene rings is 1. The summed E-state index contributed by atoms with van der Waals surface area (Å²) < 4.78 is 38.9. The van der Waals surface area contributed by atoms with Crippen LogP contribution in [0.5, 0.6) is 0 Å². The van der Waals surface area contributed by atoms with E-state index < -0.39 is 29.8 Å². The minimum atomic E-state index is -4.57. The first-order valence-electron chi connectivity index (χ1n) is 7.29. The molecule has 0 bridgehead atoms. The molecule has 2 aromatic rings. The summed E-state index contributed by atoms with van der Waals surface area (Å²) in [5.41, 5.74) is -1.62. The van der Waals surface area contributed by atoms with Crippen LogP contribution in [-0.2, 0) is 17.5 Å². The maximum absolute atomic E-state index is 12.7. The molecule has 2 aromatic heterocycles. The van der Waals surface area contributed by atoms with Crippen molar-refractivity contribution in [2.75, 3.05) is 0 Å². The topological polar surface area (TPSA) is 51.1 Å². The second-order valence-electron chi connectivity index (χ2n) is 5.69. The van der Waals surface area contributed by atoms with E-state index in [1.165, 1.54) is 11.3 Å². The molecule has 0 aromatic carbocycles. The Morgan fingerprint density at radius 3 is 2.54 bits per heavy atom. The zero-order valence-electron chi connectivity index (χ0n) is 13.1. The standard InChI is InChI=1S/C16H17F3N2O2S/c1-10(2)15(12-4-3-7-24-12)20-13(22)9-21-8-11(16(17,18)19)5-6-14(21)23/h3-8,10,15H,9H2,1-2H3,(H,20,22)/t15-/m1/s1. The molecular formula is C16H17F3N2O2S. The number of rotatable bonds is 5. The van der Waals surface area contributed by atoms with Crippen LogP contribution < -0.4 is 10.9 Å². The van der Waals surface area contributed by atoms with Crippen LogP contribution in [0.3, 0.4) is 0 Å². The van der Waals surface area contributed by atoms with Gasteiger partial charge in [-0.1, -0.05) is 19.9 Å². The summed E-state index contributed by atoms with van der Waals surface area (Å²) in [5, 5.41) is 4.67. The van der Waals surface area contributed by atoms with Crippen LogP contribution in [0.4, 0.5) is 13.2 Å². The Bertz CT molecular complexity index is 751. The van der Waals surface area contributed by atoms with Crippen molar-refractivity contribution in [3.05, 3.63) is 56.6 Å². The average molecular weight is 358 g/mol. The van der Waals surface area contributed by atoms with E-state index in [4.69, 9.17) is 0 Å². The third-order valence-electron chi connectivity index (χ3n) is 3.46.